The second-order valence-corrected chi connectivity index (χ2v) is 7.36. The normalized spacial score (nSPS) is 15.4. The fourth-order valence-electron chi connectivity index (χ4n) is 3.15. The van der Waals surface area contributed by atoms with Gasteiger partial charge in [0.25, 0.3) is 5.56 Å². The number of benzene rings is 1. The standard InChI is InChI=1S/C19H24N2O3S/c1-2-16-17(22)20-19(23)21(13-24-14-9-5-3-6-10-14)18(16)25-15-11-7-4-8-12-15/h4,7-8,11-12,14H,2-3,5-6,9-10,13H2,1H3,(H,20,22,23). The van der Waals surface area contributed by atoms with Crippen LogP contribution in [0, 0.1) is 0 Å². The summed E-state index contributed by atoms with van der Waals surface area (Å²) in [5, 5.41) is 0.679. The molecule has 1 aromatic carbocycles. The van der Waals surface area contributed by atoms with Gasteiger partial charge in [0.15, 0.2) is 0 Å². The Morgan fingerprint density at radius 1 is 1.16 bits per heavy atom. The highest BCUT2D eigenvalue weighted by molar-refractivity contribution is 7.99. The fourth-order valence-corrected chi connectivity index (χ4v) is 4.27. The van der Waals surface area contributed by atoms with Crippen LogP contribution < -0.4 is 11.2 Å². The fraction of sp³-hybridized carbons (Fsp3) is 0.474. The Bertz CT molecular complexity index is 808. The number of hydrogen-bond donors (Lipinski definition) is 1. The SMILES string of the molecule is CCc1c(Sc2ccccc2)n(COC2CCCCC2)c(=O)[nH]c1=O. The van der Waals surface area contributed by atoms with Crippen molar-refractivity contribution in [3.8, 4) is 0 Å². The van der Waals surface area contributed by atoms with E-state index in [9.17, 15) is 9.59 Å². The first-order chi connectivity index (χ1) is 12.2. The highest BCUT2D eigenvalue weighted by Gasteiger charge is 2.18. The smallest absolute Gasteiger partial charge is 0.331 e. The summed E-state index contributed by atoms with van der Waals surface area (Å²) in [6.45, 7) is 2.11. The Morgan fingerprint density at radius 2 is 1.88 bits per heavy atom. The zero-order valence-corrected chi connectivity index (χ0v) is 15.3. The monoisotopic (exact) mass is 360 g/mol. The third-order valence-corrected chi connectivity index (χ3v) is 5.71. The van der Waals surface area contributed by atoms with Gasteiger partial charge in [-0.1, -0.05) is 56.1 Å². The van der Waals surface area contributed by atoms with E-state index < -0.39 is 5.69 Å². The molecule has 1 aliphatic rings. The van der Waals surface area contributed by atoms with Gasteiger partial charge in [0.2, 0.25) is 0 Å². The third-order valence-electron chi connectivity index (χ3n) is 4.55. The second-order valence-electron chi connectivity index (χ2n) is 6.30. The summed E-state index contributed by atoms with van der Waals surface area (Å²) < 4.78 is 7.56. The van der Waals surface area contributed by atoms with Crippen LogP contribution in [-0.2, 0) is 17.9 Å². The summed E-state index contributed by atoms with van der Waals surface area (Å²) in [5.41, 5.74) is -0.0861. The predicted octanol–water partition coefficient (Wildman–Crippen LogP) is 3.56. The van der Waals surface area contributed by atoms with Crippen molar-refractivity contribution in [2.24, 2.45) is 0 Å². The topological polar surface area (TPSA) is 64.1 Å². The van der Waals surface area contributed by atoms with Crippen LogP contribution in [0.2, 0.25) is 0 Å². The maximum Gasteiger partial charge on any atom is 0.331 e. The molecule has 2 aromatic rings. The van der Waals surface area contributed by atoms with Crippen LogP contribution in [0.5, 0.6) is 0 Å². The van der Waals surface area contributed by atoms with E-state index in [1.807, 2.05) is 37.3 Å². The lowest BCUT2D eigenvalue weighted by atomic mass is 9.98. The number of nitrogens with zero attached hydrogens (tertiary/aromatic N) is 1. The zero-order chi connectivity index (χ0) is 17.6. The molecule has 0 spiro atoms. The van der Waals surface area contributed by atoms with Crippen LogP contribution in [0.25, 0.3) is 0 Å². The molecule has 0 aliphatic heterocycles. The van der Waals surface area contributed by atoms with Crippen molar-refractivity contribution in [3.63, 3.8) is 0 Å². The van der Waals surface area contributed by atoms with Crippen LogP contribution in [0.15, 0.2) is 49.8 Å². The zero-order valence-electron chi connectivity index (χ0n) is 14.5. The molecule has 0 saturated heterocycles. The molecule has 1 N–H and O–H groups in total. The molecule has 25 heavy (non-hydrogen) atoms. The predicted molar refractivity (Wildman–Crippen MR) is 99.2 cm³/mol. The van der Waals surface area contributed by atoms with Crippen molar-refractivity contribution in [1.82, 2.24) is 9.55 Å². The number of aromatic amines is 1. The molecular weight excluding hydrogens is 336 g/mol. The summed E-state index contributed by atoms with van der Waals surface area (Å²) in [6.07, 6.45) is 6.46. The van der Waals surface area contributed by atoms with Gasteiger partial charge >= 0.3 is 5.69 Å². The molecular formula is C19H24N2O3S. The molecule has 6 heteroatoms. The van der Waals surface area contributed by atoms with Crippen LogP contribution in [0.3, 0.4) is 0 Å². The molecule has 1 fully saturated rings. The van der Waals surface area contributed by atoms with Crippen LogP contribution in [0.1, 0.15) is 44.6 Å². The second kappa shape index (κ2) is 8.54. The van der Waals surface area contributed by atoms with Gasteiger partial charge in [-0.2, -0.15) is 0 Å². The first-order valence-electron chi connectivity index (χ1n) is 8.89. The molecule has 0 bridgehead atoms. The van der Waals surface area contributed by atoms with Crippen molar-refractivity contribution in [3.05, 3.63) is 56.7 Å². The van der Waals surface area contributed by atoms with E-state index in [4.69, 9.17) is 4.74 Å². The minimum absolute atomic E-state index is 0.183. The molecule has 1 saturated carbocycles. The Hall–Kier alpha value is -1.79. The number of nitrogens with one attached hydrogen (secondary N) is 1. The molecule has 0 unspecified atom stereocenters. The third kappa shape index (κ3) is 4.44. The van der Waals surface area contributed by atoms with E-state index in [-0.39, 0.29) is 18.4 Å². The van der Waals surface area contributed by atoms with Crippen LogP contribution in [0.4, 0.5) is 0 Å². The van der Waals surface area contributed by atoms with E-state index in [0.29, 0.717) is 17.0 Å². The highest BCUT2D eigenvalue weighted by atomic mass is 32.2. The van der Waals surface area contributed by atoms with Crippen molar-refractivity contribution in [2.45, 2.75) is 68.2 Å². The first kappa shape index (κ1) is 18.0. The van der Waals surface area contributed by atoms with Gasteiger partial charge in [0, 0.05) is 10.5 Å². The molecule has 0 radical (unpaired) electrons. The van der Waals surface area contributed by atoms with Crippen LogP contribution >= 0.6 is 11.8 Å². The lowest BCUT2D eigenvalue weighted by Crippen LogP contribution is -2.35. The van der Waals surface area contributed by atoms with Crippen molar-refractivity contribution in [2.75, 3.05) is 0 Å². The Labute approximate surface area is 151 Å². The lowest BCUT2D eigenvalue weighted by Gasteiger charge is -2.23. The van der Waals surface area contributed by atoms with E-state index in [1.54, 1.807) is 4.57 Å². The Kier molecular flexibility index (Phi) is 6.15. The molecule has 1 aliphatic carbocycles. The average Bonchev–Trinajstić information content (AvgIpc) is 2.63. The molecule has 0 amide bonds. The van der Waals surface area contributed by atoms with Gasteiger partial charge in [-0.15, -0.1) is 0 Å². The molecule has 134 valence electrons. The Balaban J connectivity index is 1.91. The largest absolute Gasteiger partial charge is 0.357 e. The number of H-pyrrole nitrogens is 1. The van der Waals surface area contributed by atoms with Gasteiger partial charge in [-0.05, 0) is 31.4 Å². The molecule has 1 heterocycles. The van der Waals surface area contributed by atoms with E-state index in [2.05, 4.69) is 4.98 Å². The number of rotatable bonds is 6. The lowest BCUT2D eigenvalue weighted by molar-refractivity contribution is -0.0183. The summed E-state index contributed by atoms with van der Waals surface area (Å²) in [7, 11) is 0. The Morgan fingerprint density at radius 3 is 2.56 bits per heavy atom. The van der Waals surface area contributed by atoms with Gasteiger partial charge < -0.3 is 4.74 Å². The van der Waals surface area contributed by atoms with E-state index in [1.165, 1.54) is 31.0 Å². The highest BCUT2D eigenvalue weighted by Crippen LogP contribution is 2.29. The quantitative estimate of drug-likeness (QED) is 0.800. The van der Waals surface area contributed by atoms with Gasteiger partial charge in [-0.3, -0.25) is 14.3 Å². The van der Waals surface area contributed by atoms with E-state index >= 15 is 0 Å². The molecule has 1 aromatic heterocycles. The van der Waals surface area contributed by atoms with Crippen molar-refractivity contribution in [1.29, 1.82) is 0 Å². The summed E-state index contributed by atoms with van der Waals surface area (Å²) in [5.74, 6) is 0. The van der Waals surface area contributed by atoms with Crippen molar-refractivity contribution < 1.29 is 4.74 Å². The average molecular weight is 360 g/mol. The molecule has 3 rings (SSSR count). The number of aromatic nitrogens is 2. The molecule has 5 nitrogen and oxygen atoms in total. The van der Waals surface area contributed by atoms with Gasteiger partial charge in [-0.25, -0.2) is 4.79 Å². The number of ether oxygens (including phenoxy) is 1. The molecule has 0 atom stereocenters. The number of hydrogen-bond acceptors (Lipinski definition) is 4. The minimum atomic E-state index is -0.406. The van der Waals surface area contributed by atoms with Gasteiger partial charge in [0.1, 0.15) is 6.73 Å². The summed E-state index contributed by atoms with van der Waals surface area (Å²) >= 11 is 1.44. The first-order valence-corrected chi connectivity index (χ1v) is 9.71. The van der Waals surface area contributed by atoms with Crippen LogP contribution in [-0.4, -0.2) is 15.7 Å². The minimum Gasteiger partial charge on any atom is -0.357 e. The maximum absolute atomic E-state index is 12.4. The van der Waals surface area contributed by atoms with Crippen molar-refractivity contribution >= 4 is 11.8 Å². The summed E-state index contributed by atoms with van der Waals surface area (Å²) in [4.78, 5) is 28.0. The maximum atomic E-state index is 12.4. The summed E-state index contributed by atoms with van der Waals surface area (Å²) in [6, 6.07) is 9.79. The van der Waals surface area contributed by atoms with Gasteiger partial charge in [0.05, 0.1) is 11.1 Å². The van der Waals surface area contributed by atoms with E-state index in [0.717, 1.165) is 17.7 Å².